The molecule has 0 saturated carbocycles. The Balaban J connectivity index is 2.29. The minimum Gasteiger partial charge on any atom is -0.508 e. The topological polar surface area (TPSA) is 95.1 Å². The molecule has 0 bridgehead atoms. The van der Waals surface area contributed by atoms with Gasteiger partial charge in [0, 0.05) is 6.07 Å². The zero-order chi connectivity index (χ0) is 11.6. The first-order valence-electron chi connectivity index (χ1n) is 4.39. The highest BCUT2D eigenvalue weighted by atomic mass is 32.2. The van der Waals surface area contributed by atoms with Crippen LogP contribution in [-0.2, 0) is 10.0 Å². The summed E-state index contributed by atoms with van der Waals surface area (Å²) in [6, 6.07) is 7.18. The molecule has 1 heterocycles. The standard InChI is InChI=1S/C9H9N3O3S/c13-8-3-1-2-7(6-8)12-16(14,15)9-4-5-10-11-9/h1-6,12-13H,(H,10,11). The highest BCUT2D eigenvalue weighted by Crippen LogP contribution is 2.18. The third kappa shape index (κ3) is 2.14. The second-order valence-corrected chi connectivity index (χ2v) is 4.73. The minimum absolute atomic E-state index is 0.00943. The monoisotopic (exact) mass is 239 g/mol. The van der Waals surface area contributed by atoms with E-state index in [1.54, 1.807) is 6.07 Å². The molecule has 16 heavy (non-hydrogen) atoms. The van der Waals surface area contributed by atoms with Gasteiger partial charge >= 0.3 is 0 Å². The quantitative estimate of drug-likeness (QED) is 0.742. The van der Waals surface area contributed by atoms with E-state index in [0.29, 0.717) is 0 Å². The van der Waals surface area contributed by atoms with E-state index in [1.807, 2.05) is 0 Å². The zero-order valence-corrected chi connectivity index (χ0v) is 8.90. The molecule has 7 heteroatoms. The molecular formula is C9H9N3O3S. The molecule has 3 N–H and O–H groups in total. The van der Waals surface area contributed by atoms with E-state index in [2.05, 4.69) is 14.9 Å². The van der Waals surface area contributed by atoms with Gasteiger partial charge in [0.1, 0.15) is 5.75 Å². The Kier molecular flexibility index (Phi) is 2.53. The molecule has 84 valence electrons. The number of H-pyrrole nitrogens is 1. The van der Waals surface area contributed by atoms with Gasteiger partial charge in [-0.15, -0.1) is 0 Å². The number of aromatic nitrogens is 2. The predicted octanol–water partition coefficient (Wildman–Crippen LogP) is 0.916. The fourth-order valence-corrected chi connectivity index (χ4v) is 2.13. The summed E-state index contributed by atoms with van der Waals surface area (Å²) in [5.74, 6) is -0.00943. The van der Waals surface area contributed by atoms with Gasteiger partial charge < -0.3 is 5.11 Å². The maximum atomic E-state index is 11.7. The molecule has 0 amide bonds. The van der Waals surface area contributed by atoms with E-state index in [4.69, 9.17) is 0 Å². The summed E-state index contributed by atoms with van der Waals surface area (Å²) in [4.78, 5) is 0. The summed E-state index contributed by atoms with van der Waals surface area (Å²) in [6.45, 7) is 0. The molecule has 0 spiro atoms. The summed E-state index contributed by atoms with van der Waals surface area (Å²) in [5, 5.41) is 15.1. The lowest BCUT2D eigenvalue weighted by Crippen LogP contribution is -2.13. The molecule has 0 aliphatic heterocycles. The second-order valence-electron chi connectivity index (χ2n) is 3.08. The Bertz CT molecular complexity index is 578. The maximum Gasteiger partial charge on any atom is 0.278 e. The average molecular weight is 239 g/mol. The van der Waals surface area contributed by atoms with Crippen molar-refractivity contribution in [3.63, 3.8) is 0 Å². The van der Waals surface area contributed by atoms with Crippen LogP contribution in [0.5, 0.6) is 5.75 Å². The Morgan fingerprint density at radius 3 is 2.75 bits per heavy atom. The molecule has 1 aromatic heterocycles. The molecule has 0 atom stereocenters. The number of hydrogen-bond acceptors (Lipinski definition) is 4. The van der Waals surface area contributed by atoms with Crippen molar-refractivity contribution in [3.8, 4) is 5.75 Å². The van der Waals surface area contributed by atoms with Crippen LogP contribution in [0.4, 0.5) is 5.69 Å². The Hall–Kier alpha value is -2.02. The molecule has 0 fully saturated rings. The van der Waals surface area contributed by atoms with Gasteiger partial charge in [-0.25, -0.2) is 0 Å². The summed E-state index contributed by atoms with van der Waals surface area (Å²) in [6.07, 6.45) is 1.34. The van der Waals surface area contributed by atoms with E-state index < -0.39 is 10.0 Å². The lowest BCUT2D eigenvalue weighted by Gasteiger charge is -2.05. The summed E-state index contributed by atoms with van der Waals surface area (Å²) >= 11 is 0. The number of rotatable bonds is 3. The van der Waals surface area contributed by atoms with Crippen molar-refractivity contribution in [1.82, 2.24) is 10.2 Å². The van der Waals surface area contributed by atoms with Gasteiger partial charge in [-0.3, -0.25) is 9.82 Å². The van der Waals surface area contributed by atoms with E-state index in [0.717, 1.165) is 0 Å². The third-order valence-corrected chi connectivity index (χ3v) is 3.17. The summed E-state index contributed by atoms with van der Waals surface area (Å²) in [7, 11) is -3.67. The smallest absolute Gasteiger partial charge is 0.278 e. The highest BCUT2D eigenvalue weighted by molar-refractivity contribution is 7.92. The number of anilines is 1. The van der Waals surface area contributed by atoms with Crippen LogP contribution in [-0.4, -0.2) is 23.7 Å². The van der Waals surface area contributed by atoms with E-state index in [1.165, 1.54) is 30.5 Å². The number of nitrogens with one attached hydrogen (secondary N) is 2. The molecule has 0 unspecified atom stereocenters. The number of sulfonamides is 1. The van der Waals surface area contributed by atoms with Gasteiger partial charge in [-0.05, 0) is 18.2 Å². The molecule has 0 aliphatic carbocycles. The minimum atomic E-state index is -3.67. The van der Waals surface area contributed by atoms with Crippen molar-refractivity contribution < 1.29 is 13.5 Å². The van der Waals surface area contributed by atoms with Gasteiger partial charge in [0.25, 0.3) is 10.0 Å². The van der Waals surface area contributed by atoms with Crippen LogP contribution >= 0.6 is 0 Å². The van der Waals surface area contributed by atoms with Crippen LogP contribution in [0.2, 0.25) is 0 Å². The molecule has 0 saturated heterocycles. The molecule has 0 radical (unpaired) electrons. The largest absolute Gasteiger partial charge is 0.508 e. The van der Waals surface area contributed by atoms with Crippen molar-refractivity contribution in [2.45, 2.75) is 5.03 Å². The first kappa shape index (κ1) is 10.5. The Morgan fingerprint density at radius 1 is 1.31 bits per heavy atom. The van der Waals surface area contributed by atoms with Crippen molar-refractivity contribution in [2.75, 3.05) is 4.72 Å². The molecular weight excluding hydrogens is 230 g/mol. The molecule has 6 nitrogen and oxygen atoms in total. The predicted molar refractivity (Wildman–Crippen MR) is 57.5 cm³/mol. The Morgan fingerprint density at radius 2 is 2.12 bits per heavy atom. The zero-order valence-electron chi connectivity index (χ0n) is 8.08. The Labute approximate surface area is 92.0 Å². The van der Waals surface area contributed by atoms with Gasteiger partial charge in [0.15, 0.2) is 5.03 Å². The van der Waals surface area contributed by atoms with E-state index in [9.17, 15) is 13.5 Å². The van der Waals surface area contributed by atoms with Crippen LogP contribution in [0.25, 0.3) is 0 Å². The first-order chi connectivity index (χ1) is 7.58. The van der Waals surface area contributed by atoms with Gasteiger partial charge in [0.05, 0.1) is 11.9 Å². The van der Waals surface area contributed by atoms with Gasteiger partial charge in [-0.1, -0.05) is 6.07 Å². The molecule has 1 aromatic carbocycles. The molecule has 2 rings (SSSR count). The third-order valence-electron chi connectivity index (χ3n) is 1.86. The number of phenolic OH excluding ortho intramolecular Hbond substituents is 1. The fourth-order valence-electron chi connectivity index (χ4n) is 1.17. The SMILES string of the molecule is O=S(=O)(Nc1cccc(O)c1)c1ccn[nH]1. The van der Waals surface area contributed by atoms with Crippen molar-refractivity contribution >= 4 is 15.7 Å². The number of hydrogen-bond donors (Lipinski definition) is 3. The van der Waals surface area contributed by atoms with E-state index in [-0.39, 0.29) is 16.5 Å². The first-order valence-corrected chi connectivity index (χ1v) is 5.87. The van der Waals surface area contributed by atoms with Gasteiger partial charge in [0.2, 0.25) is 0 Å². The van der Waals surface area contributed by atoms with E-state index >= 15 is 0 Å². The van der Waals surface area contributed by atoms with Gasteiger partial charge in [-0.2, -0.15) is 13.5 Å². The fraction of sp³-hybridized carbons (Fsp3) is 0. The number of aromatic amines is 1. The number of aromatic hydroxyl groups is 1. The normalized spacial score (nSPS) is 11.2. The van der Waals surface area contributed by atoms with Crippen LogP contribution in [0.3, 0.4) is 0 Å². The molecule has 2 aromatic rings. The van der Waals surface area contributed by atoms with Crippen LogP contribution in [0.1, 0.15) is 0 Å². The lowest BCUT2D eigenvalue weighted by molar-refractivity contribution is 0.475. The maximum absolute atomic E-state index is 11.7. The summed E-state index contributed by atoms with van der Waals surface area (Å²) in [5.41, 5.74) is 0.287. The van der Waals surface area contributed by atoms with Crippen molar-refractivity contribution in [3.05, 3.63) is 36.5 Å². The number of phenols is 1. The molecule has 0 aliphatic rings. The van der Waals surface area contributed by atoms with Crippen molar-refractivity contribution in [1.29, 1.82) is 0 Å². The highest BCUT2D eigenvalue weighted by Gasteiger charge is 2.15. The average Bonchev–Trinajstić information content (AvgIpc) is 2.69. The van der Waals surface area contributed by atoms with Crippen LogP contribution in [0.15, 0.2) is 41.6 Å². The second kappa shape index (κ2) is 3.86. The van der Waals surface area contributed by atoms with Crippen LogP contribution < -0.4 is 4.72 Å². The lowest BCUT2D eigenvalue weighted by atomic mass is 10.3. The summed E-state index contributed by atoms with van der Waals surface area (Å²) < 4.78 is 25.7. The van der Waals surface area contributed by atoms with Crippen molar-refractivity contribution in [2.24, 2.45) is 0 Å². The van der Waals surface area contributed by atoms with Crippen LogP contribution in [0, 0.1) is 0 Å². The number of nitrogens with zero attached hydrogens (tertiary/aromatic N) is 1. The number of benzene rings is 1.